The third-order valence-corrected chi connectivity index (χ3v) is 6.00. The van der Waals surface area contributed by atoms with Gasteiger partial charge in [-0.3, -0.25) is 9.69 Å². The Morgan fingerprint density at radius 3 is 2.33 bits per heavy atom. The Bertz CT molecular complexity index is 887. The molecule has 160 valence electrons. The van der Waals surface area contributed by atoms with Gasteiger partial charge in [0.2, 0.25) is 5.91 Å². The molecule has 1 aliphatic heterocycles. The molecule has 0 bridgehead atoms. The number of esters is 1. The van der Waals surface area contributed by atoms with Crippen LogP contribution in [0.1, 0.15) is 34.0 Å². The summed E-state index contributed by atoms with van der Waals surface area (Å²) in [6.45, 7) is 10.3. The molecule has 0 spiro atoms. The number of hydrogen-bond donors (Lipinski definition) is 1. The highest BCUT2D eigenvalue weighted by atomic mass is 16.5. The van der Waals surface area contributed by atoms with Gasteiger partial charge in [-0.25, -0.2) is 4.79 Å². The molecule has 1 unspecified atom stereocenters. The number of anilines is 1. The number of aryl methyl sites for hydroxylation is 1. The summed E-state index contributed by atoms with van der Waals surface area (Å²) in [7, 11) is 1.36. The average Bonchev–Trinajstić information content (AvgIpc) is 2.78. The lowest BCUT2D eigenvalue weighted by Crippen LogP contribution is -2.54. The summed E-state index contributed by atoms with van der Waals surface area (Å²) in [6.07, 6.45) is 0. The van der Waals surface area contributed by atoms with Gasteiger partial charge in [0.1, 0.15) is 0 Å². The first kappa shape index (κ1) is 21.8. The van der Waals surface area contributed by atoms with Gasteiger partial charge in [0.25, 0.3) is 0 Å². The highest BCUT2D eigenvalue weighted by Crippen LogP contribution is 2.24. The number of carbonyl (C=O) groups is 2. The molecule has 0 aliphatic carbocycles. The van der Waals surface area contributed by atoms with Crippen LogP contribution in [0.3, 0.4) is 0 Å². The van der Waals surface area contributed by atoms with E-state index in [-0.39, 0.29) is 17.9 Å². The molecule has 6 heteroatoms. The summed E-state index contributed by atoms with van der Waals surface area (Å²) < 4.78 is 4.70. The number of piperazine rings is 1. The van der Waals surface area contributed by atoms with Crippen LogP contribution in [-0.4, -0.2) is 56.1 Å². The van der Waals surface area contributed by atoms with Crippen LogP contribution in [0.4, 0.5) is 5.69 Å². The number of rotatable bonds is 6. The van der Waals surface area contributed by atoms with Crippen molar-refractivity contribution in [2.75, 3.05) is 38.2 Å². The van der Waals surface area contributed by atoms with Crippen molar-refractivity contribution in [1.29, 1.82) is 0 Å². The van der Waals surface area contributed by atoms with E-state index in [2.05, 4.69) is 47.2 Å². The molecule has 1 atom stereocenters. The maximum Gasteiger partial charge on any atom is 0.337 e. The van der Waals surface area contributed by atoms with Crippen LogP contribution in [0.5, 0.6) is 0 Å². The molecule has 6 nitrogen and oxygen atoms in total. The van der Waals surface area contributed by atoms with Gasteiger partial charge in [-0.2, -0.15) is 0 Å². The Labute approximate surface area is 178 Å². The van der Waals surface area contributed by atoms with Crippen LogP contribution in [0.25, 0.3) is 0 Å². The van der Waals surface area contributed by atoms with E-state index in [0.717, 1.165) is 31.7 Å². The van der Waals surface area contributed by atoms with E-state index in [0.29, 0.717) is 12.1 Å². The summed E-state index contributed by atoms with van der Waals surface area (Å²) in [5.74, 6) is -0.341. The summed E-state index contributed by atoms with van der Waals surface area (Å²) >= 11 is 0. The van der Waals surface area contributed by atoms with Gasteiger partial charge in [0, 0.05) is 38.4 Å². The highest BCUT2D eigenvalue weighted by Gasteiger charge is 2.26. The largest absolute Gasteiger partial charge is 0.465 e. The standard InChI is InChI=1S/C24H31N3O3/c1-17-6-5-7-22(18(17)2)27-14-12-26(13-15-27)19(3)23(28)25-16-20-8-10-21(11-9-20)24(29)30-4/h5-11,19H,12-16H2,1-4H3,(H,25,28). The third-order valence-electron chi connectivity index (χ3n) is 6.00. The fourth-order valence-corrected chi connectivity index (χ4v) is 3.81. The average molecular weight is 410 g/mol. The van der Waals surface area contributed by atoms with E-state index in [1.807, 2.05) is 19.1 Å². The molecule has 1 N–H and O–H groups in total. The zero-order chi connectivity index (χ0) is 21.7. The molecule has 1 amide bonds. The van der Waals surface area contributed by atoms with E-state index in [1.54, 1.807) is 12.1 Å². The molecule has 2 aromatic carbocycles. The third kappa shape index (κ3) is 5.00. The van der Waals surface area contributed by atoms with E-state index < -0.39 is 0 Å². The normalized spacial score (nSPS) is 15.5. The van der Waals surface area contributed by atoms with Gasteiger partial charge in [-0.05, 0) is 55.7 Å². The Kier molecular flexibility index (Phi) is 7.11. The van der Waals surface area contributed by atoms with Crippen molar-refractivity contribution in [3.05, 3.63) is 64.7 Å². The zero-order valence-corrected chi connectivity index (χ0v) is 18.3. The molecule has 1 heterocycles. The van der Waals surface area contributed by atoms with Gasteiger partial charge in [0.15, 0.2) is 0 Å². The Balaban J connectivity index is 1.50. The van der Waals surface area contributed by atoms with Crippen LogP contribution in [-0.2, 0) is 16.1 Å². The lowest BCUT2D eigenvalue weighted by molar-refractivity contribution is -0.126. The molecule has 0 radical (unpaired) electrons. The number of nitrogens with one attached hydrogen (secondary N) is 1. The fourth-order valence-electron chi connectivity index (χ4n) is 3.81. The second-order valence-electron chi connectivity index (χ2n) is 7.82. The second-order valence-corrected chi connectivity index (χ2v) is 7.82. The minimum absolute atomic E-state index is 0.0206. The molecule has 0 aromatic heterocycles. The van der Waals surface area contributed by atoms with E-state index in [1.165, 1.54) is 23.9 Å². The molecule has 3 rings (SSSR count). The first-order chi connectivity index (χ1) is 14.4. The number of amides is 1. The van der Waals surface area contributed by atoms with Crippen LogP contribution in [0.15, 0.2) is 42.5 Å². The van der Waals surface area contributed by atoms with Crippen LogP contribution >= 0.6 is 0 Å². The summed E-state index contributed by atoms with van der Waals surface area (Å²) in [5.41, 5.74) is 5.38. The smallest absolute Gasteiger partial charge is 0.337 e. The van der Waals surface area contributed by atoms with Crippen molar-refractivity contribution in [1.82, 2.24) is 10.2 Å². The zero-order valence-electron chi connectivity index (χ0n) is 18.3. The number of hydrogen-bond acceptors (Lipinski definition) is 5. The van der Waals surface area contributed by atoms with E-state index in [4.69, 9.17) is 4.74 Å². The number of methoxy groups -OCH3 is 1. The number of ether oxygens (including phenoxy) is 1. The maximum atomic E-state index is 12.6. The van der Waals surface area contributed by atoms with Crippen molar-refractivity contribution in [2.24, 2.45) is 0 Å². The maximum absolute atomic E-state index is 12.6. The first-order valence-electron chi connectivity index (χ1n) is 10.4. The predicted molar refractivity (Wildman–Crippen MR) is 119 cm³/mol. The highest BCUT2D eigenvalue weighted by molar-refractivity contribution is 5.89. The minimum atomic E-state index is -0.362. The van der Waals surface area contributed by atoms with Crippen LogP contribution < -0.4 is 10.2 Å². The van der Waals surface area contributed by atoms with E-state index in [9.17, 15) is 9.59 Å². The monoisotopic (exact) mass is 409 g/mol. The van der Waals surface area contributed by atoms with Crippen molar-refractivity contribution >= 4 is 17.6 Å². The molecule has 0 saturated carbocycles. The summed E-state index contributed by atoms with van der Waals surface area (Å²) in [4.78, 5) is 28.8. The molecular weight excluding hydrogens is 378 g/mol. The van der Waals surface area contributed by atoms with Gasteiger partial charge in [-0.1, -0.05) is 24.3 Å². The molecule has 30 heavy (non-hydrogen) atoms. The minimum Gasteiger partial charge on any atom is -0.465 e. The van der Waals surface area contributed by atoms with Crippen molar-refractivity contribution in [3.63, 3.8) is 0 Å². The fraction of sp³-hybridized carbons (Fsp3) is 0.417. The van der Waals surface area contributed by atoms with Crippen LogP contribution in [0.2, 0.25) is 0 Å². The SMILES string of the molecule is COC(=O)c1ccc(CNC(=O)C(C)N2CCN(c3cccc(C)c3C)CC2)cc1. The Hall–Kier alpha value is -2.86. The quantitative estimate of drug-likeness (QED) is 0.744. The van der Waals surface area contributed by atoms with Crippen LogP contribution in [0, 0.1) is 13.8 Å². The summed E-state index contributed by atoms with van der Waals surface area (Å²) in [5, 5.41) is 3.01. The summed E-state index contributed by atoms with van der Waals surface area (Å²) in [6, 6.07) is 13.3. The van der Waals surface area contributed by atoms with Gasteiger partial charge in [-0.15, -0.1) is 0 Å². The number of benzene rings is 2. The van der Waals surface area contributed by atoms with Crippen molar-refractivity contribution in [3.8, 4) is 0 Å². The molecule has 1 fully saturated rings. The lowest BCUT2D eigenvalue weighted by Gasteiger charge is -2.39. The first-order valence-corrected chi connectivity index (χ1v) is 10.4. The molecule has 2 aromatic rings. The van der Waals surface area contributed by atoms with E-state index >= 15 is 0 Å². The number of carbonyl (C=O) groups excluding carboxylic acids is 2. The molecule has 1 aliphatic rings. The van der Waals surface area contributed by atoms with Gasteiger partial charge >= 0.3 is 5.97 Å². The Morgan fingerprint density at radius 1 is 1.03 bits per heavy atom. The molecular formula is C24H31N3O3. The topological polar surface area (TPSA) is 61.9 Å². The van der Waals surface area contributed by atoms with Crippen molar-refractivity contribution in [2.45, 2.75) is 33.4 Å². The predicted octanol–water partition coefficient (Wildman–Crippen LogP) is 2.92. The molecule has 1 saturated heterocycles. The van der Waals surface area contributed by atoms with Gasteiger partial charge < -0.3 is 15.0 Å². The number of nitrogens with zero attached hydrogens (tertiary/aromatic N) is 2. The Morgan fingerprint density at radius 2 is 1.70 bits per heavy atom. The second kappa shape index (κ2) is 9.76. The van der Waals surface area contributed by atoms with Gasteiger partial charge in [0.05, 0.1) is 18.7 Å². The van der Waals surface area contributed by atoms with Crippen molar-refractivity contribution < 1.29 is 14.3 Å². The lowest BCUT2D eigenvalue weighted by atomic mass is 10.1.